The minimum atomic E-state index is -0.0615. The molecule has 5 nitrogen and oxygen atoms in total. The number of hydrogen-bond donors (Lipinski definition) is 2. The second-order valence-electron chi connectivity index (χ2n) is 5.31. The zero-order chi connectivity index (χ0) is 16.4. The van der Waals surface area contributed by atoms with Crippen molar-refractivity contribution >= 4 is 17.3 Å². The van der Waals surface area contributed by atoms with Crippen LogP contribution in [0.25, 0.3) is 0 Å². The van der Waals surface area contributed by atoms with Crippen LogP contribution >= 0.6 is 0 Å². The molecule has 1 aromatic rings. The summed E-state index contributed by atoms with van der Waals surface area (Å²) in [5.41, 5.74) is 7.70. The van der Waals surface area contributed by atoms with Crippen molar-refractivity contribution in [1.29, 1.82) is 0 Å². The Morgan fingerprint density at radius 2 is 1.95 bits per heavy atom. The van der Waals surface area contributed by atoms with E-state index in [-0.39, 0.29) is 18.2 Å². The molecule has 1 aromatic carbocycles. The Bertz CT molecular complexity index is 499. The van der Waals surface area contributed by atoms with Crippen molar-refractivity contribution in [2.45, 2.75) is 39.0 Å². The van der Waals surface area contributed by atoms with Gasteiger partial charge in [-0.2, -0.15) is 0 Å². The SMILES string of the molecule is CC(=O)c1cc(CCC(=O)CCCCOCCO)ccc1N. The molecule has 0 unspecified atom stereocenters. The molecule has 0 radical (unpaired) electrons. The molecule has 22 heavy (non-hydrogen) atoms. The first-order chi connectivity index (χ1) is 10.5. The number of rotatable bonds is 11. The maximum absolute atomic E-state index is 11.8. The summed E-state index contributed by atoms with van der Waals surface area (Å²) >= 11 is 0. The average molecular weight is 307 g/mol. The Balaban J connectivity index is 2.29. The Morgan fingerprint density at radius 3 is 2.64 bits per heavy atom. The predicted octanol–water partition coefficient (Wildman–Crippen LogP) is 2.15. The van der Waals surface area contributed by atoms with Gasteiger partial charge in [-0.1, -0.05) is 6.07 Å². The van der Waals surface area contributed by atoms with Crippen molar-refractivity contribution in [2.75, 3.05) is 25.6 Å². The Labute approximate surface area is 131 Å². The lowest BCUT2D eigenvalue weighted by Crippen LogP contribution is -2.05. The molecule has 0 aliphatic rings. The van der Waals surface area contributed by atoms with E-state index in [9.17, 15) is 9.59 Å². The number of anilines is 1. The molecule has 3 N–H and O–H groups in total. The fourth-order valence-electron chi connectivity index (χ4n) is 2.17. The van der Waals surface area contributed by atoms with Crippen molar-refractivity contribution in [3.05, 3.63) is 29.3 Å². The quantitative estimate of drug-likeness (QED) is 0.371. The van der Waals surface area contributed by atoms with E-state index >= 15 is 0 Å². The van der Waals surface area contributed by atoms with Gasteiger partial charge >= 0.3 is 0 Å². The third kappa shape index (κ3) is 6.83. The molecule has 0 atom stereocenters. The first-order valence-electron chi connectivity index (χ1n) is 7.64. The molecule has 122 valence electrons. The molecule has 0 fully saturated rings. The summed E-state index contributed by atoms with van der Waals surface area (Å²) in [6.45, 7) is 2.44. The zero-order valence-electron chi connectivity index (χ0n) is 13.1. The minimum absolute atomic E-state index is 0.0305. The molecular formula is C17H25NO4. The van der Waals surface area contributed by atoms with Gasteiger partial charge in [0, 0.05) is 30.7 Å². The van der Waals surface area contributed by atoms with E-state index in [2.05, 4.69) is 0 Å². The minimum Gasteiger partial charge on any atom is -0.398 e. The van der Waals surface area contributed by atoms with Gasteiger partial charge in [0.1, 0.15) is 5.78 Å². The Hall–Kier alpha value is -1.72. The summed E-state index contributed by atoms with van der Waals surface area (Å²) in [6, 6.07) is 5.35. The van der Waals surface area contributed by atoms with E-state index in [0.717, 1.165) is 18.4 Å². The normalized spacial score (nSPS) is 10.6. The van der Waals surface area contributed by atoms with Gasteiger partial charge in [0.15, 0.2) is 5.78 Å². The summed E-state index contributed by atoms with van der Waals surface area (Å²) in [5, 5.41) is 8.55. The Morgan fingerprint density at radius 1 is 1.18 bits per heavy atom. The lowest BCUT2D eigenvalue weighted by molar-refractivity contribution is -0.119. The van der Waals surface area contributed by atoms with Gasteiger partial charge in [0.2, 0.25) is 0 Å². The maximum atomic E-state index is 11.8. The highest BCUT2D eigenvalue weighted by molar-refractivity contribution is 5.99. The van der Waals surface area contributed by atoms with Crippen molar-refractivity contribution in [3.63, 3.8) is 0 Å². The molecule has 0 spiro atoms. The number of aliphatic hydroxyl groups excluding tert-OH is 1. The smallest absolute Gasteiger partial charge is 0.161 e. The molecule has 0 aromatic heterocycles. The molecule has 0 aliphatic carbocycles. The van der Waals surface area contributed by atoms with Gasteiger partial charge in [-0.3, -0.25) is 9.59 Å². The molecule has 0 heterocycles. The Kier molecular flexibility index (Phi) is 8.40. The number of nitrogens with two attached hydrogens (primary N) is 1. The number of carbonyl (C=O) groups excluding carboxylic acids is 2. The van der Waals surface area contributed by atoms with Crippen LogP contribution in [-0.4, -0.2) is 36.5 Å². The number of Topliss-reactive ketones (excluding diaryl/α,β-unsaturated/α-hetero) is 2. The number of hydrogen-bond acceptors (Lipinski definition) is 5. The van der Waals surface area contributed by atoms with Crippen LogP contribution in [0.5, 0.6) is 0 Å². The number of benzene rings is 1. The number of nitrogen functional groups attached to an aromatic ring is 1. The average Bonchev–Trinajstić information content (AvgIpc) is 2.49. The van der Waals surface area contributed by atoms with Crippen LogP contribution in [0.2, 0.25) is 0 Å². The summed E-state index contributed by atoms with van der Waals surface area (Å²) < 4.78 is 5.14. The van der Waals surface area contributed by atoms with Gasteiger partial charge in [-0.05, 0) is 43.9 Å². The summed E-state index contributed by atoms with van der Waals surface area (Å²) in [4.78, 5) is 23.3. The summed E-state index contributed by atoms with van der Waals surface area (Å²) in [7, 11) is 0. The fourth-order valence-corrected chi connectivity index (χ4v) is 2.17. The van der Waals surface area contributed by atoms with Crippen molar-refractivity contribution in [1.82, 2.24) is 0 Å². The largest absolute Gasteiger partial charge is 0.398 e. The lowest BCUT2D eigenvalue weighted by Gasteiger charge is -2.06. The monoisotopic (exact) mass is 307 g/mol. The third-order valence-corrected chi connectivity index (χ3v) is 3.42. The van der Waals surface area contributed by atoms with Crippen LogP contribution in [0.15, 0.2) is 18.2 Å². The molecular weight excluding hydrogens is 282 g/mol. The number of carbonyl (C=O) groups is 2. The number of unbranched alkanes of at least 4 members (excludes halogenated alkanes) is 1. The number of ketones is 2. The van der Waals surface area contributed by atoms with E-state index in [0.29, 0.717) is 43.7 Å². The zero-order valence-corrected chi connectivity index (χ0v) is 13.1. The molecule has 1 rings (SSSR count). The number of aliphatic hydroxyl groups is 1. The van der Waals surface area contributed by atoms with E-state index < -0.39 is 0 Å². The maximum Gasteiger partial charge on any atom is 0.161 e. The molecule has 0 saturated carbocycles. The van der Waals surface area contributed by atoms with Gasteiger partial charge in [0.25, 0.3) is 0 Å². The second-order valence-corrected chi connectivity index (χ2v) is 5.31. The molecule has 0 amide bonds. The lowest BCUT2D eigenvalue weighted by atomic mass is 10.0. The van der Waals surface area contributed by atoms with Crippen molar-refractivity contribution in [2.24, 2.45) is 0 Å². The van der Waals surface area contributed by atoms with Crippen LogP contribution in [0, 0.1) is 0 Å². The van der Waals surface area contributed by atoms with Crippen molar-refractivity contribution < 1.29 is 19.4 Å². The van der Waals surface area contributed by atoms with E-state index in [1.54, 1.807) is 12.1 Å². The van der Waals surface area contributed by atoms with Gasteiger partial charge < -0.3 is 15.6 Å². The molecule has 5 heteroatoms. The highest BCUT2D eigenvalue weighted by Crippen LogP contribution is 2.16. The predicted molar refractivity (Wildman–Crippen MR) is 85.9 cm³/mol. The van der Waals surface area contributed by atoms with E-state index in [1.165, 1.54) is 6.92 Å². The molecule has 0 bridgehead atoms. The van der Waals surface area contributed by atoms with Gasteiger partial charge in [0.05, 0.1) is 13.2 Å². The van der Waals surface area contributed by atoms with E-state index in [1.807, 2.05) is 6.07 Å². The van der Waals surface area contributed by atoms with Crippen LogP contribution < -0.4 is 5.73 Å². The van der Waals surface area contributed by atoms with Crippen molar-refractivity contribution in [3.8, 4) is 0 Å². The highest BCUT2D eigenvalue weighted by atomic mass is 16.5. The fraction of sp³-hybridized carbons (Fsp3) is 0.529. The second kappa shape index (κ2) is 10.1. The summed E-state index contributed by atoms with van der Waals surface area (Å²) in [5.74, 6) is 0.150. The van der Waals surface area contributed by atoms with Crippen LogP contribution in [0.4, 0.5) is 5.69 Å². The molecule has 0 saturated heterocycles. The first-order valence-corrected chi connectivity index (χ1v) is 7.64. The number of ether oxygens (including phenoxy) is 1. The van der Waals surface area contributed by atoms with E-state index in [4.69, 9.17) is 15.6 Å². The van der Waals surface area contributed by atoms with Crippen LogP contribution in [-0.2, 0) is 16.0 Å². The molecule has 0 aliphatic heterocycles. The highest BCUT2D eigenvalue weighted by Gasteiger charge is 2.08. The first kappa shape index (κ1) is 18.3. The van der Waals surface area contributed by atoms with Gasteiger partial charge in [-0.25, -0.2) is 0 Å². The van der Waals surface area contributed by atoms with Gasteiger partial charge in [-0.15, -0.1) is 0 Å². The number of aryl methyl sites for hydroxylation is 1. The van der Waals surface area contributed by atoms with Crippen LogP contribution in [0.3, 0.4) is 0 Å². The standard InChI is InChI=1S/C17H25NO4/c1-13(20)16-12-14(6-8-17(16)18)5-7-15(21)4-2-3-10-22-11-9-19/h6,8,12,19H,2-5,7,9-11,18H2,1H3. The van der Waals surface area contributed by atoms with Crippen LogP contribution in [0.1, 0.15) is 48.5 Å². The third-order valence-electron chi connectivity index (χ3n) is 3.42. The summed E-state index contributed by atoms with van der Waals surface area (Å²) in [6.07, 6.45) is 3.25. The topological polar surface area (TPSA) is 89.6 Å².